The normalized spacial score (nSPS) is 10.1. The molecule has 1 N–H and O–H groups in total. The number of benzene rings is 1. The Bertz CT molecular complexity index is 477. The minimum atomic E-state index is -0.274. The Balaban J connectivity index is 2.78. The molecule has 0 unspecified atom stereocenters. The Hall–Kier alpha value is -1.44. The lowest BCUT2D eigenvalue weighted by molar-refractivity contribution is 0.198. The van der Waals surface area contributed by atoms with E-state index in [0.29, 0.717) is 28.7 Å². The molecule has 0 saturated carbocycles. The number of carbonyl (C=O) groups excluding carboxylic acids is 1. The first-order chi connectivity index (χ1) is 8.93. The van der Waals surface area contributed by atoms with Crippen LogP contribution in [-0.2, 0) is 0 Å². The van der Waals surface area contributed by atoms with Crippen molar-refractivity contribution in [1.82, 2.24) is 4.90 Å². The Morgan fingerprint density at radius 2 is 1.95 bits per heavy atom. The van der Waals surface area contributed by atoms with Crippen LogP contribution in [0.1, 0.15) is 20.3 Å². The number of urea groups is 1. The van der Waals surface area contributed by atoms with Gasteiger partial charge in [0.15, 0.2) is 0 Å². The number of rotatable bonds is 4. The van der Waals surface area contributed by atoms with E-state index in [0.717, 1.165) is 0 Å². The topological polar surface area (TPSA) is 56.1 Å². The average Bonchev–Trinajstić information content (AvgIpc) is 2.27. The third-order valence-corrected chi connectivity index (χ3v) is 2.90. The van der Waals surface area contributed by atoms with Gasteiger partial charge in [0, 0.05) is 28.3 Å². The number of amides is 2. The minimum absolute atomic E-state index is 0.00278. The van der Waals surface area contributed by atoms with E-state index in [1.807, 2.05) is 19.9 Å². The maximum Gasteiger partial charge on any atom is 0.322 e. The second-order valence-electron chi connectivity index (χ2n) is 4.28. The zero-order chi connectivity index (χ0) is 14.4. The molecule has 0 saturated heterocycles. The first-order valence-electron chi connectivity index (χ1n) is 5.84. The molecule has 4 nitrogen and oxygen atoms in total. The van der Waals surface area contributed by atoms with Gasteiger partial charge in [0.2, 0.25) is 0 Å². The van der Waals surface area contributed by atoms with E-state index >= 15 is 0 Å². The van der Waals surface area contributed by atoms with Gasteiger partial charge in [0.05, 0.1) is 12.5 Å². The van der Waals surface area contributed by atoms with Crippen molar-refractivity contribution in [3.63, 3.8) is 0 Å². The smallest absolute Gasteiger partial charge is 0.321 e. The molecule has 0 radical (unpaired) electrons. The van der Waals surface area contributed by atoms with Crippen molar-refractivity contribution in [2.45, 2.75) is 26.3 Å². The van der Waals surface area contributed by atoms with Crippen LogP contribution in [0.25, 0.3) is 0 Å². The van der Waals surface area contributed by atoms with Crippen molar-refractivity contribution in [1.29, 1.82) is 5.26 Å². The second-order valence-corrected chi connectivity index (χ2v) is 5.16. The molecule has 0 aromatic heterocycles. The lowest BCUT2D eigenvalue weighted by Gasteiger charge is -2.26. The SMILES string of the molecule is CC(C)N(CCC#N)C(=O)Nc1cc(Cl)cc(Cl)c1. The van der Waals surface area contributed by atoms with Gasteiger partial charge in [0.1, 0.15) is 0 Å². The van der Waals surface area contributed by atoms with Gasteiger partial charge >= 0.3 is 6.03 Å². The van der Waals surface area contributed by atoms with Gasteiger partial charge in [0.25, 0.3) is 0 Å². The van der Waals surface area contributed by atoms with Crippen LogP contribution in [0.15, 0.2) is 18.2 Å². The van der Waals surface area contributed by atoms with Gasteiger partial charge in [-0.25, -0.2) is 4.79 Å². The highest BCUT2D eigenvalue weighted by Gasteiger charge is 2.16. The van der Waals surface area contributed by atoms with Gasteiger partial charge in [-0.2, -0.15) is 5.26 Å². The number of nitrogens with zero attached hydrogens (tertiary/aromatic N) is 2. The van der Waals surface area contributed by atoms with Gasteiger partial charge < -0.3 is 10.2 Å². The molecular formula is C13H15Cl2N3O. The molecule has 102 valence electrons. The first kappa shape index (κ1) is 15.6. The van der Waals surface area contributed by atoms with Crippen LogP contribution in [0, 0.1) is 11.3 Å². The van der Waals surface area contributed by atoms with Crippen LogP contribution in [-0.4, -0.2) is 23.5 Å². The Morgan fingerprint density at radius 3 is 2.42 bits per heavy atom. The average molecular weight is 300 g/mol. The summed E-state index contributed by atoms with van der Waals surface area (Å²) >= 11 is 11.7. The van der Waals surface area contributed by atoms with Crippen LogP contribution >= 0.6 is 23.2 Å². The minimum Gasteiger partial charge on any atom is -0.321 e. The molecule has 0 fully saturated rings. The summed E-state index contributed by atoms with van der Waals surface area (Å²) in [6.07, 6.45) is 0.294. The van der Waals surface area contributed by atoms with Gasteiger partial charge in [-0.05, 0) is 32.0 Å². The van der Waals surface area contributed by atoms with E-state index in [1.54, 1.807) is 23.1 Å². The molecule has 2 amide bonds. The van der Waals surface area contributed by atoms with Gasteiger partial charge in [-0.3, -0.25) is 0 Å². The summed E-state index contributed by atoms with van der Waals surface area (Å²) in [6, 6.07) is 6.58. The standard InChI is InChI=1S/C13H15Cl2N3O/c1-9(2)18(5-3-4-16)13(19)17-12-7-10(14)6-11(15)8-12/h6-9H,3,5H2,1-2H3,(H,17,19). The molecule has 19 heavy (non-hydrogen) atoms. The van der Waals surface area contributed by atoms with E-state index in [1.165, 1.54) is 0 Å². The predicted molar refractivity (Wildman–Crippen MR) is 77.6 cm³/mol. The summed E-state index contributed by atoms with van der Waals surface area (Å²) in [5.74, 6) is 0. The van der Waals surface area contributed by atoms with Crippen LogP contribution in [0.5, 0.6) is 0 Å². The molecule has 0 aliphatic carbocycles. The molecule has 1 aromatic carbocycles. The Morgan fingerprint density at radius 1 is 1.37 bits per heavy atom. The highest BCUT2D eigenvalue weighted by Crippen LogP contribution is 2.22. The van der Waals surface area contributed by atoms with Crippen LogP contribution < -0.4 is 5.32 Å². The Kier molecular flexibility index (Phi) is 5.94. The fraction of sp³-hybridized carbons (Fsp3) is 0.385. The summed E-state index contributed by atoms with van der Waals surface area (Å²) in [7, 11) is 0. The number of hydrogen-bond acceptors (Lipinski definition) is 2. The van der Waals surface area contributed by atoms with E-state index in [9.17, 15) is 4.79 Å². The highest BCUT2D eigenvalue weighted by atomic mass is 35.5. The fourth-order valence-corrected chi connectivity index (χ4v) is 2.11. The van der Waals surface area contributed by atoms with Crippen LogP contribution in [0.2, 0.25) is 10.0 Å². The van der Waals surface area contributed by atoms with E-state index in [2.05, 4.69) is 5.32 Å². The summed E-state index contributed by atoms with van der Waals surface area (Å²) in [6.45, 7) is 4.16. The lowest BCUT2D eigenvalue weighted by Crippen LogP contribution is -2.40. The molecular weight excluding hydrogens is 285 g/mol. The molecule has 1 aromatic rings. The number of anilines is 1. The van der Waals surface area contributed by atoms with Crippen molar-refractivity contribution in [3.8, 4) is 6.07 Å². The number of carbonyl (C=O) groups is 1. The molecule has 0 heterocycles. The number of hydrogen-bond donors (Lipinski definition) is 1. The van der Waals surface area contributed by atoms with Crippen molar-refractivity contribution < 1.29 is 4.79 Å². The summed E-state index contributed by atoms with van der Waals surface area (Å²) in [4.78, 5) is 13.7. The molecule has 0 aliphatic rings. The number of nitriles is 1. The van der Waals surface area contributed by atoms with Gasteiger partial charge in [-0.15, -0.1) is 0 Å². The largest absolute Gasteiger partial charge is 0.322 e. The van der Waals surface area contributed by atoms with Crippen LogP contribution in [0.3, 0.4) is 0 Å². The van der Waals surface area contributed by atoms with Crippen molar-refractivity contribution in [2.75, 3.05) is 11.9 Å². The zero-order valence-corrected chi connectivity index (χ0v) is 12.3. The van der Waals surface area contributed by atoms with E-state index in [-0.39, 0.29) is 12.1 Å². The fourth-order valence-electron chi connectivity index (χ4n) is 1.59. The quantitative estimate of drug-likeness (QED) is 0.908. The second kappa shape index (κ2) is 7.22. The molecule has 0 spiro atoms. The summed E-state index contributed by atoms with van der Waals surface area (Å²) in [5.41, 5.74) is 0.533. The third kappa shape index (κ3) is 4.98. The molecule has 0 bridgehead atoms. The van der Waals surface area contributed by atoms with E-state index in [4.69, 9.17) is 28.5 Å². The van der Waals surface area contributed by atoms with Gasteiger partial charge in [-0.1, -0.05) is 23.2 Å². The van der Waals surface area contributed by atoms with E-state index < -0.39 is 0 Å². The summed E-state index contributed by atoms with van der Waals surface area (Å²) < 4.78 is 0. The van der Waals surface area contributed by atoms with Crippen LogP contribution in [0.4, 0.5) is 10.5 Å². The van der Waals surface area contributed by atoms with Crippen molar-refractivity contribution in [2.24, 2.45) is 0 Å². The molecule has 6 heteroatoms. The maximum atomic E-state index is 12.1. The number of nitrogens with one attached hydrogen (secondary N) is 1. The zero-order valence-electron chi connectivity index (χ0n) is 10.8. The summed E-state index contributed by atoms with van der Waals surface area (Å²) in [5, 5.41) is 12.2. The lowest BCUT2D eigenvalue weighted by atomic mass is 10.3. The molecule has 0 atom stereocenters. The predicted octanol–water partition coefficient (Wildman–Crippen LogP) is 4.15. The molecule has 0 aliphatic heterocycles. The first-order valence-corrected chi connectivity index (χ1v) is 6.60. The third-order valence-electron chi connectivity index (χ3n) is 2.46. The van der Waals surface area contributed by atoms with Crippen molar-refractivity contribution >= 4 is 34.9 Å². The monoisotopic (exact) mass is 299 g/mol. The number of halogens is 2. The molecule has 1 rings (SSSR count). The highest BCUT2D eigenvalue weighted by molar-refractivity contribution is 6.35. The van der Waals surface area contributed by atoms with Crippen molar-refractivity contribution in [3.05, 3.63) is 28.2 Å². The maximum absolute atomic E-state index is 12.1. The Labute approximate surface area is 122 Å².